The van der Waals surface area contributed by atoms with Crippen LogP contribution in [0.3, 0.4) is 0 Å². The van der Waals surface area contributed by atoms with Crippen LogP contribution in [0.1, 0.15) is 39.3 Å². The van der Waals surface area contributed by atoms with Gasteiger partial charge < -0.3 is 5.32 Å². The lowest BCUT2D eigenvalue weighted by Crippen LogP contribution is -2.30. The van der Waals surface area contributed by atoms with E-state index in [9.17, 15) is 4.79 Å². The lowest BCUT2D eigenvalue weighted by Gasteiger charge is -2.16. The second-order valence-corrected chi connectivity index (χ2v) is 7.07. The number of nitrogens with zero attached hydrogens (tertiary/aromatic N) is 4. The predicted molar refractivity (Wildman–Crippen MR) is 110 cm³/mol. The summed E-state index contributed by atoms with van der Waals surface area (Å²) >= 11 is 6.09. The van der Waals surface area contributed by atoms with Crippen LogP contribution in [0.25, 0.3) is 5.69 Å². The molecule has 1 amide bonds. The molecule has 0 saturated carbocycles. The van der Waals surface area contributed by atoms with Gasteiger partial charge in [-0.3, -0.25) is 9.89 Å². The van der Waals surface area contributed by atoms with Crippen molar-refractivity contribution in [3.63, 3.8) is 0 Å². The fraction of sp³-hybridized carbons (Fsp3) is 0.143. The van der Waals surface area contributed by atoms with Crippen LogP contribution in [0.15, 0.2) is 60.8 Å². The summed E-state index contributed by atoms with van der Waals surface area (Å²) in [6.45, 7) is 3.66. The lowest BCUT2D eigenvalue weighted by atomic mass is 10.1. The maximum atomic E-state index is 13.1. The van der Waals surface area contributed by atoms with E-state index in [4.69, 9.17) is 11.6 Å². The maximum Gasteiger partial charge on any atom is 0.255 e. The van der Waals surface area contributed by atoms with E-state index in [0.29, 0.717) is 27.9 Å². The molecule has 1 unspecified atom stereocenters. The van der Waals surface area contributed by atoms with Crippen molar-refractivity contribution < 1.29 is 4.79 Å². The van der Waals surface area contributed by atoms with Crippen molar-refractivity contribution in [1.29, 1.82) is 0 Å². The Morgan fingerprint density at radius 2 is 1.93 bits per heavy atom. The zero-order valence-corrected chi connectivity index (χ0v) is 16.7. The van der Waals surface area contributed by atoms with Gasteiger partial charge in [0.15, 0.2) is 5.82 Å². The lowest BCUT2D eigenvalue weighted by molar-refractivity contribution is 0.0941. The van der Waals surface area contributed by atoms with E-state index in [2.05, 4.69) is 25.6 Å². The van der Waals surface area contributed by atoms with Gasteiger partial charge in [-0.05, 0) is 37.6 Å². The highest BCUT2D eigenvalue weighted by molar-refractivity contribution is 6.30. The molecule has 2 aromatic carbocycles. The van der Waals surface area contributed by atoms with Gasteiger partial charge in [0.25, 0.3) is 5.91 Å². The van der Waals surface area contributed by atoms with Gasteiger partial charge in [0, 0.05) is 5.02 Å². The Balaban J connectivity index is 1.65. The summed E-state index contributed by atoms with van der Waals surface area (Å²) in [6, 6.07) is 16.4. The molecule has 0 fully saturated rings. The first-order chi connectivity index (χ1) is 14.0. The summed E-state index contributed by atoms with van der Waals surface area (Å²) in [5, 5.41) is 15.1. The van der Waals surface area contributed by atoms with Crippen molar-refractivity contribution >= 4 is 17.5 Å². The van der Waals surface area contributed by atoms with Gasteiger partial charge >= 0.3 is 0 Å². The molecule has 0 spiro atoms. The van der Waals surface area contributed by atoms with Crippen LogP contribution in [0.4, 0.5) is 0 Å². The molecule has 1 atom stereocenters. The quantitative estimate of drug-likeness (QED) is 0.528. The van der Waals surface area contributed by atoms with Crippen molar-refractivity contribution in [1.82, 2.24) is 30.3 Å². The molecule has 146 valence electrons. The molecule has 0 aliphatic rings. The summed E-state index contributed by atoms with van der Waals surface area (Å²) in [7, 11) is 0. The first-order valence-corrected chi connectivity index (χ1v) is 9.46. The van der Waals surface area contributed by atoms with Crippen molar-refractivity contribution in [2.45, 2.75) is 19.9 Å². The second-order valence-electron chi connectivity index (χ2n) is 6.63. The third-order valence-corrected chi connectivity index (χ3v) is 4.82. The van der Waals surface area contributed by atoms with Crippen molar-refractivity contribution in [3.8, 4) is 5.69 Å². The van der Waals surface area contributed by atoms with Crippen molar-refractivity contribution in [3.05, 3.63) is 94.3 Å². The van der Waals surface area contributed by atoms with Gasteiger partial charge in [0.2, 0.25) is 0 Å². The van der Waals surface area contributed by atoms with Crippen LogP contribution < -0.4 is 5.32 Å². The molecule has 0 aliphatic heterocycles. The third-order valence-electron chi connectivity index (χ3n) is 4.59. The fourth-order valence-corrected chi connectivity index (χ4v) is 3.33. The molecule has 2 aromatic heterocycles. The first kappa shape index (κ1) is 18.9. The normalized spacial score (nSPS) is 12.0. The molecule has 0 radical (unpaired) electrons. The van der Waals surface area contributed by atoms with E-state index in [1.807, 2.05) is 56.3 Å². The Labute approximate surface area is 172 Å². The largest absolute Gasteiger partial charge is 0.338 e. The number of amides is 1. The minimum absolute atomic E-state index is 0.257. The number of rotatable bonds is 5. The Bertz CT molecular complexity index is 1150. The number of carbonyl (C=O) groups excluding carboxylic acids is 1. The van der Waals surface area contributed by atoms with Crippen molar-refractivity contribution in [2.24, 2.45) is 0 Å². The number of halogens is 1. The van der Waals surface area contributed by atoms with Crippen LogP contribution in [0.2, 0.25) is 5.02 Å². The Morgan fingerprint density at radius 3 is 2.62 bits per heavy atom. The summed E-state index contributed by atoms with van der Waals surface area (Å²) in [5.74, 6) is 0.925. The van der Waals surface area contributed by atoms with Gasteiger partial charge in [0.05, 0.1) is 23.1 Å². The van der Waals surface area contributed by atoms with E-state index < -0.39 is 6.04 Å². The molecule has 4 aromatic rings. The van der Waals surface area contributed by atoms with Crippen LogP contribution in [-0.2, 0) is 0 Å². The minimum atomic E-state index is -0.484. The Morgan fingerprint density at radius 1 is 1.14 bits per heavy atom. The average Bonchev–Trinajstić information content (AvgIpc) is 3.32. The number of hydrogen-bond donors (Lipinski definition) is 2. The highest BCUT2D eigenvalue weighted by atomic mass is 35.5. The van der Waals surface area contributed by atoms with E-state index in [-0.39, 0.29) is 5.91 Å². The first-order valence-electron chi connectivity index (χ1n) is 9.08. The number of aryl methyl sites for hydroxylation is 1. The summed E-state index contributed by atoms with van der Waals surface area (Å²) in [6.07, 6.45) is 1.55. The molecule has 0 saturated heterocycles. The zero-order valence-electron chi connectivity index (χ0n) is 15.9. The Kier molecular flexibility index (Phi) is 5.14. The zero-order chi connectivity index (χ0) is 20.4. The number of aromatic nitrogens is 5. The SMILES string of the molecule is Cc1nc(C(NC(=O)c2cnn(-c3cccc(Cl)c3)c2C)c2ccccc2)n[nH]1. The van der Waals surface area contributed by atoms with E-state index in [1.165, 1.54) is 0 Å². The van der Waals surface area contributed by atoms with Crippen LogP contribution in [-0.4, -0.2) is 30.9 Å². The number of benzene rings is 2. The summed E-state index contributed by atoms with van der Waals surface area (Å²) in [4.78, 5) is 17.5. The maximum absolute atomic E-state index is 13.1. The fourth-order valence-electron chi connectivity index (χ4n) is 3.14. The molecular weight excluding hydrogens is 388 g/mol. The molecule has 0 bridgehead atoms. The number of H-pyrrole nitrogens is 1. The topological polar surface area (TPSA) is 88.5 Å². The number of nitrogens with one attached hydrogen (secondary N) is 2. The third kappa shape index (κ3) is 3.90. The van der Waals surface area contributed by atoms with E-state index >= 15 is 0 Å². The monoisotopic (exact) mass is 406 g/mol. The highest BCUT2D eigenvalue weighted by Crippen LogP contribution is 2.22. The van der Waals surface area contributed by atoms with Crippen LogP contribution in [0, 0.1) is 13.8 Å². The smallest absolute Gasteiger partial charge is 0.255 e. The summed E-state index contributed by atoms with van der Waals surface area (Å²) in [5.41, 5.74) is 2.86. The summed E-state index contributed by atoms with van der Waals surface area (Å²) < 4.78 is 1.69. The van der Waals surface area contributed by atoms with Crippen LogP contribution >= 0.6 is 11.6 Å². The van der Waals surface area contributed by atoms with Crippen molar-refractivity contribution in [2.75, 3.05) is 0 Å². The number of aromatic amines is 1. The van der Waals surface area contributed by atoms with Crippen LogP contribution in [0.5, 0.6) is 0 Å². The molecular formula is C21H19ClN6O. The number of hydrogen-bond acceptors (Lipinski definition) is 4. The van der Waals surface area contributed by atoms with E-state index in [1.54, 1.807) is 23.0 Å². The second kappa shape index (κ2) is 7.89. The van der Waals surface area contributed by atoms with Gasteiger partial charge in [-0.2, -0.15) is 10.2 Å². The number of carbonyl (C=O) groups is 1. The standard InChI is InChI=1S/C21H19ClN6O/c1-13-18(12-23-28(13)17-10-6-9-16(22)11-17)21(29)25-19(15-7-4-3-5-8-15)20-24-14(2)26-27-20/h3-12,19H,1-2H3,(H,25,29)(H,24,26,27). The predicted octanol–water partition coefficient (Wildman–Crippen LogP) is 3.78. The molecule has 2 N–H and O–H groups in total. The minimum Gasteiger partial charge on any atom is -0.338 e. The molecule has 7 nitrogen and oxygen atoms in total. The molecule has 4 rings (SSSR count). The van der Waals surface area contributed by atoms with Gasteiger partial charge in [-0.15, -0.1) is 0 Å². The molecule has 2 heterocycles. The Hall–Kier alpha value is -3.45. The molecule has 0 aliphatic carbocycles. The van der Waals surface area contributed by atoms with E-state index in [0.717, 1.165) is 11.3 Å². The molecule has 29 heavy (non-hydrogen) atoms. The highest BCUT2D eigenvalue weighted by Gasteiger charge is 2.24. The average molecular weight is 407 g/mol. The van der Waals surface area contributed by atoms with Gasteiger partial charge in [-0.1, -0.05) is 48.0 Å². The van der Waals surface area contributed by atoms with Gasteiger partial charge in [0.1, 0.15) is 11.9 Å². The van der Waals surface area contributed by atoms with Gasteiger partial charge in [-0.25, -0.2) is 9.67 Å². The molecule has 8 heteroatoms.